The number of rotatable bonds is 4. The number of thiophene rings is 1. The van der Waals surface area contributed by atoms with E-state index in [1.54, 1.807) is 22.2 Å². The maximum Gasteiger partial charge on any atom is 0.291 e. The van der Waals surface area contributed by atoms with Crippen molar-refractivity contribution in [2.75, 3.05) is 27.2 Å². The molecule has 0 saturated carbocycles. The van der Waals surface area contributed by atoms with Crippen LogP contribution in [-0.2, 0) is 12.8 Å². The van der Waals surface area contributed by atoms with Gasteiger partial charge in [-0.25, -0.2) is 14.5 Å². The Hall–Kier alpha value is -2.06. The number of carbonyl (C=O) groups is 1. The van der Waals surface area contributed by atoms with Crippen LogP contribution in [0.2, 0.25) is 0 Å². The van der Waals surface area contributed by atoms with Gasteiger partial charge >= 0.3 is 0 Å². The molecule has 0 saturated heterocycles. The van der Waals surface area contributed by atoms with E-state index in [2.05, 4.69) is 41.2 Å². The third-order valence-electron chi connectivity index (χ3n) is 5.66. The molecule has 0 fully saturated rings. The molecule has 7 nitrogen and oxygen atoms in total. The zero-order chi connectivity index (χ0) is 20.1. The first-order valence-electron chi connectivity index (χ1n) is 9.82. The number of likely N-dealkylation sites (N-methyl/N-ethyl adjacent to an activating group) is 1. The molecule has 1 aliphatic rings. The van der Waals surface area contributed by atoms with E-state index in [0.29, 0.717) is 17.9 Å². The lowest BCUT2D eigenvalue weighted by Gasteiger charge is -2.33. The van der Waals surface area contributed by atoms with E-state index < -0.39 is 0 Å². The first kappa shape index (κ1) is 19.3. The monoisotopic (exact) mass is 400 g/mol. The van der Waals surface area contributed by atoms with E-state index in [9.17, 15) is 4.79 Å². The first-order chi connectivity index (χ1) is 13.2. The molecule has 1 amide bonds. The van der Waals surface area contributed by atoms with Gasteiger partial charge in [0.25, 0.3) is 5.91 Å². The van der Waals surface area contributed by atoms with Gasteiger partial charge in [0.05, 0.1) is 5.39 Å². The van der Waals surface area contributed by atoms with Crippen LogP contribution >= 0.6 is 11.3 Å². The molecule has 0 spiro atoms. The highest BCUT2D eigenvalue weighted by atomic mass is 32.1. The lowest BCUT2D eigenvalue weighted by Crippen LogP contribution is -2.31. The largest absolute Gasteiger partial charge is 0.348 e. The molecular formula is C20H28N6OS. The molecule has 4 rings (SSSR count). The summed E-state index contributed by atoms with van der Waals surface area (Å²) in [4.78, 5) is 26.0. The summed E-state index contributed by atoms with van der Waals surface area (Å²) in [6.07, 6.45) is 4.98. The zero-order valence-electron chi connectivity index (χ0n) is 17.2. The minimum absolute atomic E-state index is 0.205. The van der Waals surface area contributed by atoms with Gasteiger partial charge in [0.1, 0.15) is 11.2 Å². The third-order valence-corrected chi connectivity index (χ3v) is 6.82. The number of hydrogen-bond acceptors (Lipinski definition) is 6. The Kier molecular flexibility index (Phi) is 4.87. The fourth-order valence-corrected chi connectivity index (χ4v) is 5.14. The minimum Gasteiger partial charge on any atom is -0.348 e. The molecule has 1 aliphatic carbocycles. The van der Waals surface area contributed by atoms with Crippen molar-refractivity contribution in [2.24, 2.45) is 11.3 Å². The smallest absolute Gasteiger partial charge is 0.291 e. The van der Waals surface area contributed by atoms with E-state index >= 15 is 0 Å². The number of nitrogens with one attached hydrogen (secondary N) is 1. The van der Waals surface area contributed by atoms with Gasteiger partial charge in [0.15, 0.2) is 5.65 Å². The second kappa shape index (κ2) is 7.08. The summed E-state index contributed by atoms with van der Waals surface area (Å²) in [5.74, 6) is 0.645. The average Bonchev–Trinajstić information content (AvgIpc) is 3.20. The molecule has 8 heteroatoms. The Bertz CT molecular complexity index is 1030. The Morgan fingerprint density at radius 1 is 1.39 bits per heavy atom. The molecule has 0 aliphatic heterocycles. The van der Waals surface area contributed by atoms with Gasteiger partial charge in [-0.2, -0.15) is 0 Å². The Labute approximate surface area is 169 Å². The van der Waals surface area contributed by atoms with Crippen molar-refractivity contribution in [1.82, 2.24) is 29.8 Å². The fourth-order valence-electron chi connectivity index (χ4n) is 3.88. The van der Waals surface area contributed by atoms with Crippen LogP contribution in [0.1, 0.15) is 48.3 Å². The van der Waals surface area contributed by atoms with Gasteiger partial charge in [0, 0.05) is 18.0 Å². The average molecular weight is 401 g/mol. The van der Waals surface area contributed by atoms with Crippen molar-refractivity contribution in [3.8, 4) is 0 Å². The Morgan fingerprint density at radius 2 is 2.18 bits per heavy atom. The van der Waals surface area contributed by atoms with Crippen LogP contribution in [0.4, 0.5) is 0 Å². The summed E-state index contributed by atoms with van der Waals surface area (Å²) >= 11 is 1.77. The molecule has 0 radical (unpaired) electrons. The number of hydrogen-bond donors (Lipinski definition) is 1. The summed E-state index contributed by atoms with van der Waals surface area (Å²) in [5.41, 5.74) is 2.41. The number of carbonyl (C=O) groups excluding carboxylic acids is 1. The van der Waals surface area contributed by atoms with E-state index in [1.165, 1.54) is 16.9 Å². The minimum atomic E-state index is -0.240. The third kappa shape index (κ3) is 3.51. The van der Waals surface area contributed by atoms with Crippen LogP contribution in [0.15, 0.2) is 6.33 Å². The summed E-state index contributed by atoms with van der Waals surface area (Å²) in [7, 11) is 3.95. The predicted octanol–water partition coefficient (Wildman–Crippen LogP) is 2.78. The van der Waals surface area contributed by atoms with Crippen LogP contribution in [0.5, 0.6) is 0 Å². The van der Waals surface area contributed by atoms with Crippen LogP contribution in [0, 0.1) is 11.3 Å². The van der Waals surface area contributed by atoms with Gasteiger partial charge < -0.3 is 10.2 Å². The number of aromatic nitrogens is 4. The standard InChI is InChI=1S/C20H28N6OS/c1-20(2,3)12-6-7-13-14(10-12)28-19-15(13)17-23-16(24-26(17)11-22-19)18(27)21-8-9-25(4)5/h11-12H,6-10H2,1-5H3,(H,21,27). The summed E-state index contributed by atoms with van der Waals surface area (Å²) in [5, 5.41) is 8.32. The first-order valence-corrected chi connectivity index (χ1v) is 10.6. The van der Waals surface area contributed by atoms with Crippen molar-refractivity contribution in [3.05, 3.63) is 22.6 Å². The second-order valence-electron chi connectivity index (χ2n) is 9.00. The van der Waals surface area contributed by atoms with Crippen molar-refractivity contribution in [2.45, 2.75) is 40.0 Å². The highest BCUT2D eigenvalue weighted by Gasteiger charge is 2.32. The van der Waals surface area contributed by atoms with Crippen LogP contribution < -0.4 is 5.32 Å². The Balaban J connectivity index is 1.68. The van der Waals surface area contributed by atoms with Crippen molar-refractivity contribution in [3.63, 3.8) is 0 Å². The zero-order valence-corrected chi connectivity index (χ0v) is 18.1. The molecule has 3 aromatic heterocycles. The van der Waals surface area contributed by atoms with Crippen LogP contribution in [0.25, 0.3) is 15.9 Å². The van der Waals surface area contributed by atoms with Crippen molar-refractivity contribution < 1.29 is 4.79 Å². The SMILES string of the molecule is CN(C)CCNC(=O)c1nc2c3c4c(sc3ncn2n1)CC(C(C)(C)C)CC4. The highest BCUT2D eigenvalue weighted by molar-refractivity contribution is 7.19. The molecule has 0 aromatic carbocycles. The molecule has 1 atom stereocenters. The lowest BCUT2D eigenvalue weighted by atomic mass is 9.72. The van der Waals surface area contributed by atoms with Gasteiger partial charge in [-0.05, 0) is 50.3 Å². The summed E-state index contributed by atoms with van der Waals surface area (Å²) < 4.78 is 1.64. The predicted molar refractivity (Wildman–Crippen MR) is 112 cm³/mol. The van der Waals surface area contributed by atoms with Gasteiger partial charge in [0.2, 0.25) is 5.82 Å². The van der Waals surface area contributed by atoms with Gasteiger partial charge in [-0.3, -0.25) is 4.79 Å². The molecular weight excluding hydrogens is 372 g/mol. The normalized spacial score (nSPS) is 17.4. The molecule has 0 bridgehead atoms. The van der Waals surface area contributed by atoms with Crippen LogP contribution in [0.3, 0.4) is 0 Å². The van der Waals surface area contributed by atoms with Gasteiger partial charge in [-0.15, -0.1) is 16.4 Å². The number of fused-ring (bicyclic) bond motifs is 5. The Morgan fingerprint density at radius 3 is 2.89 bits per heavy atom. The van der Waals surface area contributed by atoms with E-state index in [-0.39, 0.29) is 11.7 Å². The second-order valence-corrected chi connectivity index (χ2v) is 10.1. The molecule has 1 unspecified atom stereocenters. The topological polar surface area (TPSA) is 75.4 Å². The maximum absolute atomic E-state index is 12.4. The van der Waals surface area contributed by atoms with Crippen LogP contribution in [-0.4, -0.2) is 57.6 Å². The fraction of sp³-hybridized carbons (Fsp3) is 0.600. The molecule has 3 heterocycles. The van der Waals surface area contributed by atoms with Crippen molar-refractivity contribution in [1.29, 1.82) is 0 Å². The quantitative estimate of drug-likeness (QED) is 0.729. The highest BCUT2D eigenvalue weighted by Crippen LogP contribution is 2.43. The van der Waals surface area contributed by atoms with E-state index in [4.69, 9.17) is 0 Å². The summed E-state index contributed by atoms with van der Waals surface area (Å²) in [6.45, 7) is 8.32. The van der Waals surface area contributed by atoms with Gasteiger partial charge in [-0.1, -0.05) is 20.8 Å². The van der Waals surface area contributed by atoms with Crippen molar-refractivity contribution >= 4 is 33.1 Å². The number of amides is 1. The molecule has 1 N–H and O–H groups in total. The number of aryl methyl sites for hydroxylation is 1. The molecule has 150 valence electrons. The molecule has 3 aromatic rings. The maximum atomic E-state index is 12.4. The summed E-state index contributed by atoms with van der Waals surface area (Å²) in [6, 6.07) is 0. The van der Waals surface area contributed by atoms with E-state index in [0.717, 1.165) is 35.3 Å². The number of nitrogens with zero attached hydrogens (tertiary/aromatic N) is 5. The lowest BCUT2D eigenvalue weighted by molar-refractivity contribution is 0.0941. The van der Waals surface area contributed by atoms with E-state index in [1.807, 2.05) is 19.0 Å². The molecule has 28 heavy (non-hydrogen) atoms.